The van der Waals surface area contributed by atoms with Crippen LogP contribution in [0.4, 0.5) is 8.78 Å². The summed E-state index contributed by atoms with van der Waals surface area (Å²) in [4.78, 5) is 12.7. The Hall–Kier alpha value is -3.05. The predicted molar refractivity (Wildman–Crippen MR) is 112 cm³/mol. The topological polar surface area (TPSA) is 55.1 Å². The first-order valence-electron chi connectivity index (χ1n) is 9.47. The summed E-state index contributed by atoms with van der Waals surface area (Å²) in [5.41, 5.74) is 8.84. The molecule has 0 atom stereocenters. The predicted octanol–water partition coefficient (Wildman–Crippen LogP) is 4.65. The molecule has 3 nitrogen and oxygen atoms in total. The first-order chi connectivity index (χ1) is 13.8. The van der Waals surface area contributed by atoms with Crippen molar-refractivity contribution < 1.29 is 13.6 Å². The summed E-state index contributed by atoms with van der Waals surface area (Å²) in [6.45, 7) is 4.44. The molecule has 150 valence electrons. The lowest BCUT2D eigenvalue weighted by molar-refractivity contribution is -0.125. The third kappa shape index (κ3) is 4.69. The van der Waals surface area contributed by atoms with Crippen LogP contribution in [0, 0.1) is 11.6 Å². The van der Waals surface area contributed by atoms with Crippen LogP contribution in [0.5, 0.6) is 0 Å². The molecule has 5 heteroatoms. The standard InChI is InChI=1S/C24H24F2N2O/c1-24(2,23(29)28-12-11-27)20-14-18(16-3-7-21(25)8-4-16)13-19(15-20)17-5-9-22(26)10-6-17/h3-10,13-15H,11-12,27H2,1-2H3,(H,28,29). The summed E-state index contributed by atoms with van der Waals surface area (Å²) in [6.07, 6.45) is 0. The van der Waals surface area contributed by atoms with Crippen molar-refractivity contribution in [3.63, 3.8) is 0 Å². The van der Waals surface area contributed by atoms with E-state index in [-0.39, 0.29) is 17.5 Å². The Morgan fingerprint density at radius 3 is 1.69 bits per heavy atom. The minimum atomic E-state index is -0.819. The largest absolute Gasteiger partial charge is 0.354 e. The lowest BCUT2D eigenvalue weighted by Gasteiger charge is -2.26. The molecule has 0 heterocycles. The average Bonchev–Trinajstić information content (AvgIpc) is 2.72. The zero-order chi connectivity index (χ0) is 21.0. The summed E-state index contributed by atoms with van der Waals surface area (Å²) in [5, 5.41) is 2.84. The van der Waals surface area contributed by atoms with Gasteiger partial charge in [-0.1, -0.05) is 36.4 Å². The van der Waals surface area contributed by atoms with E-state index in [1.165, 1.54) is 24.3 Å². The van der Waals surface area contributed by atoms with Gasteiger partial charge in [-0.3, -0.25) is 4.79 Å². The maximum absolute atomic E-state index is 13.4. The van der Waals surface area contributed by atoms with Gasteiger partial charge in [0.05, 0.1) is 5.41 Å². The van der Waals surface area contributed by atoms with Crippen molar-refractivity contribution in [1.82, 2.24) is 5.32 Å². The van der Waals surface area contributed by atoms with Gasteiger partial charge in [0.1, 0.15) is 11.6 Å². The van der Waals surface area contributed by atoms with E-state index in [0.717, 1.165) is 27.8 Å². The quantitative estimate of drug-likeness (QED) is 0.639. The Morgan fingerprint density at radius 2 is 1.28 bits per heavy atom. The SMILES string of the molecule is CC(C)(C(=O)NCCN)c1cc(-c2ccc(F)cc2)cc(-c2ccc(F)cc2)c1. The third-order valence-corrected chi connectivity index (χ3v) is 5.01. The molecule has 3 aromatic carbocycles. The van der Waals surface area contributed by atoms with Crippen LogP contribution in [0.15, 0.2) is 66.7 Å². The molecular weight excluding hydrogens is 370 g/mol. The van der Waals surface area contributed by atoms with Gasteiger partial charge in [-0.2, -0.15) is 0 Å². The fourth-order valence-electron chi connectivity index (χ4n) is 3.14. The Kier molecular flexibility index (Phi) is 6.09. The van der Waals surface area contributed by atoms with E-state index in [1.807, 2.05) is 32.0 Å². The normalized spacial score (nSPS) is 11.3. The fourth-order valence-corrected chi connectivity index (χ4v) is 3.14. The molecule has 0 saturated carbocycles. The van der Waals surface area contributed by atoms with Crippen LogP contribution in [0.3, 0.4) is 0 Å². The smallest absolute Gasteiger partial charge is 0.230 e. The van der Waals surface area contributed by atoms with E-state index < -0.39 is 5.41 Å². The Labute approximate surface area is 169 Å². The highest BCUT2D eigenvalue weighted by atomic mass is 19.1. The number of nitrogens with two attached hydrogens (primary N) is 1. The number of amides is 1. The summed E-state index contributed by atoms with van der Waals surface area (Å²) in [5.74, 6) is -0.764. The second-order valence-electron chi connectivity index (χ2n) is 7.48. The minimum Gasteiger partial charge on any atom is -0.354 e. The number of benzene rings is 3. The number of hydrogen-bond acceptors (Lipinski definition) is 2. The molecule has 3 rings (SSSR count). The van der Waals surface area contributed by atoms with Crippen LogP contribution in [0.2, 0.25) is 0 Å². The van der Waals surface area contributed by atoms with Crippen LogP contribution in [0.25, 0.3) is 22.3 Å². The summed E-state index contributed by atoms with van der Waals surface area (Å²) < 4.78 is 26.8. The Bertz CT molecular complexity index is 933. The number of nitrogens with one attached hydrogen (secondary N) is 1. The molecule has 0 radical (unpaired) electrons. The number of halogens is 2. The lowest BCUT2D eigenvalue weighted by Crippen LogP contribution is -2.42. The van der Waals surface area contributed by atoms with Gasteiger partial charge in [0.15, 0.2) is 0 Å². The zero-order valence-electron chi connectivity index (χ0n) is 16.5. The molecule has 1 amide bonds. The maximum atomic E-state index is 13.4. The van der Waals surface area contributed by atoms with Crippen LogP contribution in [0.1, 0.15) is 19.4 Å². The van der Waals surface area contributed by atoms with Crippen molar-refractivity contribution in [2.45, 2.75) is 19.3 Å². The number of hydrogen-bond donors (Lipinski definition) is 2. The van der Waals surface area contributed by atoms with Crippen LogP contribution in [-0.4, -0.2) is 19.0 Å². The molecule has 0 unspecified atom stereocenters. The van der Waals surface area contributed by atoms with E-state index in [0.29, 0.717) is 13.1 Å². The van der Waals surface area contributed by atoms with Gasteiger partial charge in [-0.05, 0) is 72.0 Å². The summed E-state index contributed by atoms with van der Waals surface area (Å²) in [6, 6.07) is 18.2. The van der Waals surface area contributed by atoms with Crippen molar-refractivity contribution in [1.29, 1.82) is 0 Å². The first kappa shape index (κ1) is 20.7. The van der Waals surface area contributed by atoms with E-state index in [9.17, 15) is 13.6 Å². The van der Waals surface area contributed by atoms with Crippen molar-refractivity contribution in [3.05, 3.63) is 83.9 Å². The number of carbonyl (C=O) groups excluding carboxylic acids is 1. The lowest BCUT2D eigenvalue weighted by atomic mass is 9.80. The third-order valence-electron chi connectivity index (χ3n) is 5.01. The molecule has 0 aromatic heterocycles. The molecule has 29 heavy (non-hydrogen) atoms. The van der Waals surface area contributed by atoms with Crippen LogP contribution >= 0.6 is 0 Å². The molecule has 0 fully saturated rings. The monoisotopic (exact) mass is 394 g/mol. The molecule has 3 aromatic rings. The highest BCUT2D eigenvalue weighted by Gasteiger charge is 2.30. The Morgan fingerprint density at radius 1 is 0.828 bits per heavy atom. The zero-order valence-corrected chi connectivity index (χ0v) is 16.5. The Balaban J connectivity index is 2.13. The molecule has 3 N–H and O–H groups in total. The highest BCUT2D eigenvalue weighted by Crippen LogP contribution is 2.34. The van der Waals surface area contributed by atoms with Crippen LogP contribution in [-0.2, 0) is 10.2 Å². The molecular formula is C24H24F2N2O. The molecule has 0 aliphatic carbocycles. The number of carbonyl (C=O) groups is 1. The molecule has 0 saturated heterocycles. The summed E-state index contributed by atoms with van der Waals surface area (Å²) in [7, 11) is 0. The molecule has 0 bridgehead atoms. The van der Waals surface area contributed by atoms with Gasteiger partial charge in [0.25, 0.3) is 0 Å². The van der Waals surface area contributed by atoms with E-state index in [1.54, 1.807) is 24.3 Å². The number of rotatable bonds is 6. The van der Waals surface area contributed by atoms with E-state index in [2.05, 4.69) is 5.32 Å². The van der Waals surface area contributed by atoms with Crippen molar-refractivity contribution in [2.75, 3.05) is 13.1 Å². The molecule has 0 aliphatic rings. The van der Waals surface area contributed by atoms with Gasteiger partial charge in [-0.25, -0.2) is 8.78 Å². The van der Waals surface area contributed by atoms with Crippen molar-refractivity contribution >= 4 is 5.91 Å². The average molecular weight is 394 g/mol. The van der Waals surface area contributed by atoms with Crippen molar-refractivity contribution in [3.8, 4) is 22.3 Å². The van der Waals surface area contributed by atoms with E-state index in [4.69, 9.17) is 5.73 Å². The summed E-state index contributed by atoms with van der Waals surface area (Å²) >= 11 is 0. The van der Waals surface area contributed by atoms with Gasteiger partial charge in [0, 0.05) is 13.1 Å². The highest BCUT2D eigenvalue weighted by molar-refractivity contribution is 5.89. The second kappa shape index (κ2) is 8.53. The van der Waals surface area contributed by atoms with Crippen LogP contribution < -0.4 is 11.1 Å². The van der Waals surface area contributed by atoms with Gasteiger partial charge in [-0.15, -0.1) is 0 Å². The van der Waals surface area contributed by atoms with Gasteiger partial charge in [0.2, 0.25) is 5.91 Å². The maximum Gasteiger partial charge on any atom is 0.230 e. The molecule has 0 spiro atoms. The van der Waals surface area contributed by atoms with Gasteiger partial charge < -0.3 is 11.1 Å². The fraction of sp³-hybridized carbons (Fsp3) is 0.208. The second-order valence-corrected chi connectivity index (χ2v) is 7.48. The van der Waals surface area contributed by atoms with E-state index >= 15 is 0 Å². The minimum absolute atomic E-state index is 0.135. The first-order valence-corrected chi connectivity index (χ1v) is 9.47. The van der Waals surface area contributed by atoms with Crippen molar-refractivity contribution in [2.24, 2.45) is 5.73 Å². The molecule has 0 aliphatic heterocycles. The van der Waals surface area contributed by atoms with Gasteiger partial charge >= 0.3 is 0 Å².